The number of aryl methyl sites for hydroxylation is 1. The Morgan fingerprint density at radius 1 is 1.10 bits per heavy atom. The van der Waals surface area contributed by atoms with E-state index in [-0.39, 0.29) is 12.2 Å². The molecule has 0 saturated carbocycles. The molecule has 0 saturated heterocycles. The molecule has 0 N–H and O–H groups in total. The van der Waals surface area contributed by atoms with Gasteiger partial charge in [-0.25, -0.2) is 14.5 Å². The van der Waals surface area contributed by atoms with Gasteiger partial charge in [0, 0.05) is 22.2 Å². The van der Waals surface area contributed by atoms with Crippen LogP contribution in [0.5, 0.6) is 0 Å². The van der Waals surface area contributed by atoms with Crippen molar-refractivity contribution in [1.82, 2.24) is 23.9 Å². The van der Waals surface area contributed by atoms with Crippen molar-refractivity contribution >= 4 is 23.2 Å². The molecule has 2 aromatic heterocycles. The number of hydrogen-bond donors (Lipinski definition) is 0. The summed E-state index contributed by atoms with van der Waals surface area (Å²) in [5.41, 5.74) is 3.57. The van der Waals surface area contributed by atoms with Crippen molar-refractivity contribution in [3.05, 3.63) is 105 Å². The number of aromatic nitrogens is 5. The predicted octanol–water partition coefficient (Wildman–Crippen LogP) is 4.81. The Morgan fingerprint density at radius 3 is 2.58 bits per heavy atom. The number of imidazole rings is 1. The first-order chi connectivity index (χ1) is 15.0. The molecular weight excluding hydrogens is 433 g/mol. The lowest BCUT2D eigenvalue weighted by Gasteiger charge is -2.12. The largest absolute Gasteiger partial charge is 0.346 e. The number of benzene rings is 2. The summed E-state index contributed by atoms with van der Waals surface area (Å²) < 4.78 is 5.02. The second kappa shape index (κ2) is 8.96. The van der Waals surface area contributed by atoms with Crippen LogP contribution in [0.4, 0.5) is 0 Å². The molecular formula is C23H21Cl2N5O. The SMILES string of the molecule is C=CCn1c(-c2ccc(Cl)cc2)nn(Cc2cncn2Cc2c(C)cccc2Cl)c1=O. The Labute approximate surface area is 190 Å². The highest BCUT2D eigenvalue weighted by atomic mass is 35.5. The summed E-state index contributed by atoms with van der Waals surface area (Å²) >= 11 is 12.4. The molecule has 0 aliphatic carbocycles. The van der Waals surface area contributed by atoms with Crippen LogP contribution >= 0.6 is 23.2 Å². The van der Waals surface area contributed by atoms with Crippen molar-refractivity contribution in [1.29, 1.82) is 0 Å². The molecule has 4 rings (SSSR count). The fourth-order valence-corrected chi connectivity index (χ4v) is 3.87. The smallest absolute Gasteiger partial charge is 0.328 e. The van der Waals surface area contributed by atoms with Crippen LogP contribution in [0, 0.1) is 6.92 Å². The Hall–Kier alpha value is -3.09. The Balaban J connectivity index is 1.69. The van der Waals surface area contributed by atoms with Gasteiger partial charge in [0.1, 0.15) is 0 Å². The van der Waals surface area contributed by atoms with E-state index in [2.05, 4.69) is 16.7 Å². The zero-order valence-electron chi connectivity index (χ0n) is 17.0. The van der Waals surface area contributed by atoms with E-state index >= 15 is 0 Å². The van der Waals surface area contributed by atoms with Crippen LogP contribution in [0.3, 0.4) is 0 Å². The van der Waals surface area contributed by atoms with Crippen LogP contribution in [0.15, 0.2) is 72.4 Å². The second-order valence-electron chi connectivity index (χ2n) is 7.22. The minimum atomic E-state index is -0.216. The van der Waals surface area contributed by atoms with E-state index in [9.17, 15) is 4.79 Å². The van der Waals surface area contributed by atoms with Gasteiger partial charge in [-0.2, -0.15) is 0 Å². The third kappa shape index (κ3) is 4.36. The molecule has 0 amide bonds. The van der Waals surface area contributed by atoms with E-state index in [0.29, 0.717) is 29.0 Å². The monoisotopic (exact) mass is 453 g/mol. The summed E-state index contributed by atoms with van der Waals surface area (Å²) in [5, 5.41) is 5.93. The number of hydrogen-bond acceptors (Lipinski definition) is 3. The maximum Gasteiger partial charge on any atom is 0.346 e. The zero-order valence-corrected chi connectivity index (χ0v) is 18.5. The minimum absolute atomic E-state index is 0.216. The predicted molar refractivity (Wildman–Crippen MR) is 124 cm³/mol. The lowest BCUT2D eigenvalue weighted by Crippen LogP contribution is -2.26. The standard InChI is InChI=1S/C23H21Cl2N5O/c1-3-11-29-22(17-7-9-18(24)10-8-17)27-30(23(29)31)13-19-12-26-15-28(19)14-20-16(2)5-4-6-21(20)25/h3-10,12,15H,1,11,13-14H2,2H3. The lowest BCUT2D eigenvalue weighted by atomic mass is 10.1. The second-order valence-corrected chi connectivity index (χ2v) is 8.06. The Kier molecular flexibility index (Phi) is 6.11. The molecule has 0 fully saturated rings. The van der Waals surface area contributed by atoms with Gasteiger partial charge in [0.05, 0.1) is 31.3 Å². The summed E-state index contributed by atoms with van der Waals surface area (Å²) in [7, 11) is 0. The molecule has 4 aromatic rings. The maximum atomic E-state index is 13.1. The van der Waals surface area contributed by atoms with Crippen LogP contribution in [-0.2, 0) is 19.6 Å². The Bertz CT molecular complexity index is 1260. The summed E-state index contributed by atoms with van der Waals surface area (Å²) in [4.78, 5) is 17.3. The van der Waals surface area contributed by atoms with Gasteiger partial charge >= 0.3 is 5.69 Å². The first-order valence-corrected chi connectivity index (χ1v) is 10.5. The van der Waals surface area contributed by atoms with Gasteiger partial charge in [-0.1, -0.05) is 41.4 Å². The summed E-state index contributed by atoms with van der Waals surface area (Å²) in [6.45, 7) is 6.99. The molecule has 0 aliphatic heterocycles. The van der Waals surface area contributed by atoms with E-state index in [0.717, 1.165) is 22.4 Å². The summed E-state index contributed by atoms with van der Waals surface area (Å²) in [5.74, 6) is 0.564. The van der Waals surface area contributed by atoms with Gasteiger partial charge in [-0.15, -0.1) is 11.7 Å². The van der Waals surface area contributed by atoms with Crippen molar-refractivity contribution < 1.29 is 0 Å². The molecule has 158 valence electrons. The molecule has 0 spiro atoms. The topological polar surface area (TPSA) is 57.6 Å². The number of halogens is 2. The molecule has 0 atom stereocenters. The van der Waals surface area contributed by atoms with E-state index in [1.165, 1.54) is 4.68 Å². The fraction of sp³-hybridized carbons (Fsp3) is 0.174. The van der Waals surface area contributed by atoms with Crippen molar-refractivity contribution in [2.24, 2.45) is 0 Å². The molecule has 31 heavy (non-hydrogen) atoms. The van der Waals surface area contributed by atoms with Gasteiger partial charge in [0.25, 0.3) is 0 Å². The minimum Gasteiger partial charge on any atom is -0.328 e. The highest BCUT2D eigenvalue weighted by Gasteiger charge is 2.16. The van der Waals surface area contributed by atoms with E-state index < -0.39 is 0 Å². The molecule has 8 heteroatoms. The van der Waals surface area contributed by atoms with Crippen LogP contribution < -0.4 is 5.69 Å². The third-order valence-electron chi connectivity index (χ3n) is 5.13. The maximum absolute atomic E-state index is 13.1. The van der Waals surface area contributed by atoms with Crippen LogP contribution in [0.25, 0.3) is 11.4 Å². The lowest BCUT2D eigenvalue weighted by molar-refractivity contribution is 0.601. The highest BCUT2D eigenvalue weighted by Crippen LogP contribution is 2.22. The van der Waals surface area contributed by atoms with Gasteiger partial charge in [-0.3, -0.25) is 4.57 Å². The van der Waals surface area contributed by atoms with Gasteiger partial charge in [0.2, 0.25) is 0 Å². The molecule has 0 bridgehead atoms. The van der Waals surface area contributed by atoms with E-state index in [1.807, 2.05) is 41.8 Å². The first-order valence-electron chi connectivity index (χ1n) is 9.75. The van der Waals surface area contributed by atoms with Crippen molar-refractivity contribution in [2.45, 2.75) is 26.6 Å². The molecule has 0 unspecified atom stereocenters. The van der Waals surface area contributed by atoms with Crippen molar-refractivity contribution in [3.8, 4) is 11.4 Å². The normalized spacial score (nSPS) is 11.1. The molecule has 2 heterocycles. The molecule has 0 aliphatic rings. The van der Waals surface area contributed by atoms with Gasteiger partial charge in [0.15, 0.2) is 5.82 Å². The quantitative estimate of drug-likeness (QED) is 0.377. The van der Waals surface area contributed by atoms with Crippen LogP contribution in [-0.4, -0.2) is 23.9 Å². The molecule has 2 aromatic carbocycles. The zero-order chi connectivity index (χ0) is 22.0. The Morgan fingerprint density at radius 2 is 1.87 bits per heavy atom. The summed E-state index contributed by atoms with van der Waals surface area (Å²) in [6.07, 6.45) is 5.16. The summed E-state index contributed by atoms with van der Waals surface area (Å²) in [6, 6.07) is 13.1. The highest BCUT2D eigenvalue weighted by molar-refractivity contribution is 6.31. The fourth-order valence-electron chi connectivity index (χ4n) is 3.46. The van der Waals surface area contributed by atoms with Crippen LogP contribution in [0.2, 0.25) is 10.0 Å². The average Bonchev–Trinajstić information content (AvgIpc) is 3.31. The third-order valence-corrected chi connectivity index (χ3v) is 5.73. The van der Waals surface area contributed by atoms with Gasteiger partial charge < -0.3 is 4.57 Å². The van der Waals surface area contributed by atoms with Crippen molar-refractivity contribution in [3.63, 3.8) is 0 Å². The van der Waals surface area contributed by atoms with Gasteiger partial charge in [-0.05, 0) is 48.4 Å². The molecule has 6 nitrogen and oxygen atoms in total. The number of nitrogens with zero attached hydrogens (tertiary/aromatic N) is 5. The van der Waals surface area contributed by atoms with Crippen molar-refractivity contribution in [2.75, 3.05) is 0 Å². The van der Waals surface area contributed by atoms with E-state index in [1.54, 1.807) is 35.3 Å². The number of allylic oxidation sites excluding steroid dienone is 1. The molecule has 0 radical (unpaired) electrons. The van der Waals surface area contributed by atoms with Crippen LogP contribution in [0.1, 0.15) is 16.8 Å². The number of rotatable bonds is 7. The first kappa shape index (κ1) is 21.2. The average molecular weight is 454 g/mol. The van der Waals surface area contributed by atoms with E-state index in [4.69, 9.17) is 23.2 Å².